The zero-order valence-electron chi connectivity index (χ0n) is 16.5. The minimum atomic E-state index is -0.161. The number of nitrogens with zero attached hydrogens (tertiary/aromatic N) is 5. The second kappa shape index (κ2) is 8.68. The number of benzene rings is 1. The number of amides is 1. The predicted octanol–water partition coefficient (Wildman–Crippen LogP) is 2.44. The van der Waals surface area contributed by atoms with Crippen LogP contribution < -0.4 is 15.1 Å². The van der Waals surface area contributed by atoms with E-state index >= 15 is 0 Å². The first kappa shape index (κ1) is 18.9. The highest BCUT2D eigenvalue weighted by Crippen LogP contribution is 2.18. The molecule has 3 heterocycles. The van der Waals surface area contributed by atoms with Crippen molar-refractivity contribution < 1.29 is 4.79 Å². The minimum Gasteiger partial charge on any atom is -0.368 e. The van der Waals surface area contributed by atoms with Crippen molar-refractivity contribution >= 4 is 17.5 Å². The molecule has 148 valence electrons. The minimum absolute atomic E-state index is 0.161. The number of aryl methyl sites for hydroxylation is 1. The molecule has 1 aromatic carbocycles. The molecule has 1 fully saturated rings. The molecule has 1 aliphatic rings. The van der Waals surface area contributed by atoms with E-state index in [2.05, 4.69) is 30.1 Å². The zero-order chi connectivity index (χ0) is 20.1. The molecule has 0 spiro atoms. The summed E-state index contributed by atoms with van der Waals surface area (Å²) >= 11 is 0. The van der Waals surface area contributed by atoms with E-state index in [1.165, 1.54) is 0 Å². The molecule has 1 saturated heterocycles. The highest BCUT2D eigenvalue weighted by molar-refractivity contribution is 5.93. The first-order valence-corrected chi connectivity index (χ1v) is 9.76. The lowest BCUT2D eigenvalue weighted by molar-refractivity contribution is 0.0946. The molecule has 4 rings (SSSR count). The van der Waals surface area contributed by atoms with Gasteiger partial charge in [-0.05, 0) is 36.2 Å². The monoisotopic (exact) mass is 388 g/mol. The van der Waals surface area contributed by atoms with Crippen molar-refractivity contribution in [3.8, 4) is 0 Å². The average Bonchev–Trinajstić information content (AvgIpc) is 2.79. The second-order valence-corrected chi connectivity index (χ2v) is 7.03. The van der Waals surface area contributed by atoms with Gasteiger partial charge in [-0.1, -0.05) is 24.3 Å². The van der Waals surface area contributed by atoms with Crippen molar-refractivity contribution in [2.45, 2.75) is 13.5 Å². The fourth-order valence-electron chi connectivity index (χ4n) is 3.43. The van der Waals surface area contributed by atoms with E-state index in [4.69, 9.17) is 0 Å². The summed E-state index contributed by atoms with van der Waals surface area (Å²) in [5, 5.41) is 2.97. The van der Waals surface area contributed by atoms with Gasteiger partial charge in [0.15, 0.2) is 0 Å². The second-order valence-electron chi connectivity index (χ2n) is 7.03. The Kier molecular flexibility index (Phi) is 5.65. The summed E-state index contributed by atoms with van der Waals surface area (Å²) in [4.78, 5) is 29.9. The number of anilines is 2. The van der Waals surface area contributed by atoms with Gasteiger partial charge >= 0.3 is 0 Å². The van der Waals surface area contributed by atoms with Crippen LogP contribution in [0.3, 0.4) is 0 Å². The van der Waals surface area contributed by atoms with Gasteiger partial charge in [0, 0.05) is 57.0 Å². The van der Waals surface area contributed by atoms with Gasteiger partial charge in [0.25, 0.3) is 5.91 Å². The molecule has 0 bridgehead atoms. The topological polar surface area (TPSA) is 74.2 Å². The van der Waals surface area contributed by atoms with Crippen molar-refractivity contribution in [1.82, 2.24) is 20.3 Å². The smallest absolute Gasteiger partial charge is 0.270 e. The summed E-state index contributed by atoms with van der Waals surface area (Å²) < 4.78 is 0. The van der Waals surface area contributed by atoms with Gasteiger partial charge in [-0.15, -0.1) is 0 Å². The van der Waals surface area contributed by atoms with Crippen LogP contribution in [0, 0.1) is 6.92 Å². The van der Waals surface area contributed by atoms with E-state index in [9.17, 15) is 4.79 Å². The van der Waals surface area contributed by atoms with Crippen LogP contribution >= 0.6 is 0 Å². The molecular weight excluding hydrogens is 364 g/mol. The van der Waals surface area contributed by atoms with Gasteiger partial charge in [0.2, 0.25) is 5.95 Å². The summed E-state index contributed by atoms with van der Waals surface area (Å²) in [7, 11) is 0. The Balaban J connectivity index is 1.37. The Morgan fingerprint density at radius 2 is 1.66 bits per heavy atom. The SMILES string of the molecule is Cc1ccccc1CNC(=O)c1cc(N2CCN(c3ncccn3)CC2)ccn1. The van der Waals surface area contributed by atoms with Crippen molar-refractivity contribution in [3.63, 3.8) is 0 Å². The highest BCUT2D eigenvalue weighted by atomic mass is 16.1. The van der Waals surface area contributed by atoms with Crippen LogP contribution in [0.1, 0.15) is 21.6 Å². The van der Waals surface area contributed by atoms with Gasteiger partial charge in [-0.2, -0.15) is 0 Å². The maximum Gasteiger partial charge on any atom is 0.270 e. The van der Waals surface area contributed by atoms with Gasteiger partial charge in [-0.3, -0.25) is 9.78 Å². The third-order valence-corrected chi connectivity index (χ3v) is 5.16. The number of piperazine rings is 1. The molecule has 1 aliphatic heterocycles. The normalized spacial score (nSPS) is 14.0. The number of rotatable bonds is 5. The number of carbonyl (C=O) groups is 1. The fraction of sp³-hybridized carbons (Fsp3) is 0.273. The van der Waals surface area contributed by atoms with Gasteiger partial charge in [0.05, 0.1) is 0 Å². The van der Waals surface area contributed by atoms with Gasteiger partial charge in [-0.25, -0.2) is 9.97 Å². The highest BCUT2D eigenvalue weighted by Gasteiger charge is 2.20. The maximum atomic E-state index is 12.6. The lowest BCUT2D eigenvalue weighted by Gasteiger charge is -2.36. The van der Waals surface area contributed by atoms with Crippen LogP contribution in [-0.2, 0) is 6.54 Å². The molecule has 0 aliphatic carbocycles. The molecule has 29 heavy (non-hydrogen) atoms. The molecule has 7 nitrogen and oxygen atoms in total. The van der Waals surface area contributed by atoms with Crippen LogP contribution in [0.2, 0.25) is 0 Å². The summed E-state index contributed by atoms with van der Waals surface area (Å²) in [5.74, 6) is 0.601. The van der Waals surface area contributed by atoms with E-state index in [0.29, 0.717) is 12.2 Å². The first-order valence-electron chi connectivity index (χ1n) is 9.76. The van der Waals surface area contributed by atoms with Gasteiger partial charge in [0.1, 0.15) is 5.69 Å². The third-order valence-electron chi connectivity index (χ3n) is 5.16. The van der Waals surface area contributed by atoms with Crippen molar-refractivity contribution in [2.24, 2.45) is 0 Å². The third kappa shape index (κ3) is 4.51. The zero-order valence-corrected chi connectivity index (χ0v) is 16.5. The molecule has 1 N–H and O–H groups in total. The molecule has 0 radical (unpaired) electrons. The fourth-order valence-corrected chi connectivity index (χ4v) is 3.43. The molecule has 0 saturated carbocycles. The predicted molar refractivity (Wildman–Crippen MR) is 113 cm³/mol. The number of pyridine rings is 1. The van der Waals surface area contributed by atoms with Crippen molar-refractivity contribution in [2.75, 3.05) is 36.0 Å². The molecule has 0 atom stereocenters. The molecule has 3 aromatic rings. The van der Waals surface area contributed by atoms with E-state index < -0.39 is 0 Å². The van der Waals surface area contributed by atoms with Crippen LogP contribution in [0.25, 0.3) is 0 Å². The van der Waals surface area contributed by atoms with Crippen LogP contribution in [0.15, 0.2) is 61.1 Å². The molecule has 1 amide bonds. The summed E-state index contributed by atoms with van der Waals surface area (Å²) in [5.41, 5.74) is 3.71. The Bertz CT molecular complexity index is 970. The van der Waals surface area contributed by atoms with Crippen LogP contribution in [0.5, 0.6) is 0 Å². The number of hydrogen-bond donors (Lipinski definition) is 1. The number of hydrogen-bond acceptors (Lipinski definition) is 6. The Morgan fingerprint density at radius 3 is 2.41 bits per heavy atom. The maximum absolute atomic E-state index is 12.6. The first-order chi connectivity index (χ1) is 14.2. The van der Waals surface area contributed by atoms with E-state index in [1.807, 2.05) is 49.4 Å². The Morgan fingerprint density at radius 1 is 0.931 bits per heavy atom. The van der Waals surface area contributed by atoms with E-state index in [0.717, 1.165) is 48.9 Å². The number of carbonyl (C=O) groups excluding carboxylic acids is 1. The van der Waals surface area contributed by atoms with Crippen molar-refractivity contribution in [3.05, 3.63) is 77.9 Å². The Hall–Kier alpha value is -3.48. The lowest BCUT2D eigenvalue weighted by atomic mass is 10.1. The molecule has 7 heteroatoms. The molecule has 2 aromatic heterocycles. The molecular formula is C22H24N6O. The van der Waals surface area contributed by atoms with E-state index in [1.54, 1.807) is 18.6 Å². The number of nitrogens with one attached hydrogen (secondary N) is 1. The van der Waals surface area contributed by atoms with Crippen LogP contribution in [-0.4, -0.2) is 47.0 Å². The molecule has 0 unspecified atom stereocenters. The Labute approximate surface area is 170 Å². The summed E-state index contributed by atoms with van der Waals surface area (Å²) in [6, 6.07) is 13.7. The standard InChI is InChI=1S/C22H24N6O/c1-17-5-2-3-6-18(17)16-26-21(29)20-15-19(7-10-23-20)27-11-13-28(14-12-27)22-24-8-4-9-25-22/h2-10,15H,11-14,16H2,1H3,(H,26,29). The summed E-state index contributed by atoms with van der Waals surface area (Å²) in [6.45, 7) is 5.88. The van der Waals surface area contributed by atoms with Crippen molar-refractivity contribution in [1.29, 1.82) is 0 Å². The quantitative estimate of drug-likeness (QED) is 0.724. The van der Waals surface area contributed by atoms with Gasteiger partial charge < -0.3 is 15.1 Å². The van der Waals surface area contributed by atoms with E-state index in [-0.39, 0.29) is 5.91 Å². The average molecular weight is 388 g/mol. The largest absolute Gasteiger partial charge is 0.368 e. The lowest BCUT2D eigenvalue weighted by Crippen LogP contribution is -2.47. The summed E-state index contributed by atoms with van der Waals surface area (Å²) in [6.07, 6.45) is 5.23. The van der Waals surface area contributed by atoms with Crippen LogP contribution in [0.4, 0.5) is 11.6 Å². The number of aromatic nitrogens is 3.